The van der Waals surface area contributed by atoms with Gasteiger partial charge in [-0.3, -0.25) is 4.90 Å². The van der Waals surface area contributed by atoms with Gasteiger partial charge < -0.3 is 14.4 Å². The molecule has 1 saturated heterocycles. The van der Waals surface area contributed by atoms with Crippen molar-refractivity contribution in [1.29, 1.82) is 0 Å². The quantitative estimate of drug-likeness (QED) is 0.882. The van der Waals surface area contributed by atoms with Crippen molar-refractivity contribution < 1.29 is 9.52 Å². The van der Waals surface area contributed by atoms with Crippen LogP contribution in [0.2, 0.25) is 0 Å². The minimum absolute atomic E-state index is 0.262. The Bertz CT molecular complexity index is 340. The molecule has 0 aliphatic carbocycles. The number of hydrogen-bond acceptors (Lipinski definition) is 4. The highest BCUT2D eigenvalue weighted by atomic mass is 16.3. The summed E-state index contributed by atoms with van der Waals surface area (Å²) in [5.74, 6) is 1.02. The topological polar surface area (TPSA) is 39.9 Å². The van der Waals surface area contributed by atoms with Crippen LogP contribution < -0.4 is 0 Å². The molecule has 1 aromatic heterocycles. The maximum Gasteiger partial charge on any atom is 0.117 e. The summed E-state index contributed by atoms with van der Waals surface area (Å²) in [5, 5.41) is 9.17. The molecule has 4 heteroatoms. The Kier molecular flexibility index (Phi) is 4.80. The molecule has 0 aromatic carbocycles. The predicted octanol–water partition coefficient (Wildman–Crippen LogP) is 1.56. The molecule has 1 fully saturated rings. The lowest BCUT2D eigenvalue weighted by Crippen LogP contribution is -2.40. The van der Waals surface area contributed by atoms with E-state index in [0.29, 0.717) is 12.1 Å². The maximum atomic E-state index is 9.17. The molecule has 2 atom stereocenters. The first-order valence-electron chi connectivity index (χ1n) is 6.78. The van der Waals surface area contributed by atoms with E-state index in [4.69, 9.17) is 4.42 Å². The molecule has 1 aliphatic rings. The van der Waals surface area contributed by atoms with E-state index in [1.807, 2.05) is 12.1 Å². The Morgan fingerprint density at radius 2 is 2.33 bits per heavy atom. The first-order chi connectivity index (χ1) is 8.70. The lowest BCUT2D eigenvalue weighted by Gasteiger charge is -2.30. The van der Waals surface area contributed by atoms with E-state index < -0.39 is 0 Å². The molecule has 1 aliphatic heterocycles. The van der Waals surface area contributed by atoms with E-state index in [9.17, 15) is 5.11 Å². The first-order valence-corrected chi connectivity index (χ1v) is 6.78. The average Bonchev–Trinajstić information content (AvgIpc) is 2.82. The van der Waals surface area contributed by atoms with Crippen LogP contribution in [0.15, 0.2) is 22.8 Å². The average molecular weight is 252 g/mol. The molecule has 1 aromatic rings. The van der Waals surface area contributed by atoms with Crippen LogP contribution in [0.4, 0.5) is 0 Å². The predicted molar refractivity (Wildman–Crippen MR) is 71.3 cm³/mol. The third kappa shape index (κ3) is 3.34. The largest absolute Gasteiger partial charge is 0.468 e. The van der Waals surface area contributed by atoms with Crippen molar-refractivity contribution in [2.75, 3.05) is 26.7 Å². The monoisotopic (exact) mass is 252 g/mol. The van der Waals surface area contributed by atoms with Crippen LogP contribution in [0.3, 0.4) is 0 Å². The second kappa shape index (κ2) is 6.36. The molecular formula is C14H24N2O2. The van der Waals surface area contributed by atoms with E-state index in [1.54, 1.807) is 6.26 Å². The van der Waals surface area contributed by atoms with Crippen LogP contribution in [-0.2, 0) is 6.54 Å². The number of rotatable bonds is 4. The highest BCUT2D eigenvalue weighted by Gasteiger charge is 2.26. The molecule has 0 bridgehead atoms. The van der Waals surface area contributed by atoms with Crippen LogP contribution in [-0.4, -0.2) is 53.7 Å². The molecule has 102 valence electrons. The third-order valence-corrected chi connectivity index (χ3v) is 3.99. The Morgan fingerprint density at radius 3 is 3.00 bits per heavy atom. The standard InChI is InChI=1S/C14H24N2O2/c1-12-5-7-15(2)13(6-8-17)10-16(12)11-14-4-3-9-18-14/h3-4,9,12-13,17H,5-8,10-11H2,1-2H3. The van der Waals surface area contributed by atoms with Crippen molar-refractivity contribution >= 4 is 0 Å². The maximum absolute atomic E-state index is 9.17. The second-order valence-corrected chi connectivity index (χ2v) is 5.29. The summed E-state index contributed by atoms with van der Waals surface area (Å²) in [6, 6.07) is 4.97. The van der Waals surface area contributed by atoms with Gasteiger partial charge in [-0.05, 0) is 45.5 Å². The lowest BCUT2D eigenvalue weighted by molar-refractivity contribution is 0.141. The molecule has 0 saturated carbocycles. The molecule has 4 nitrogen and oxygen atoms in total. The minimum atomic E-state index is 0.262. The number of likely N-dealkylation sites (N-methyl/N-ethyl adjacent to an activating group) is 1. The van der Waals surface area contributed by atoms with Crippen LogP contribution in [0.5, 0.6) is 0 Å². The summed E-state index contributed by atoms with van der Waals surface area (Å²) in [6.07, 6.45) is 3.74. The van der Waals surface area contributed by atoms with Gasteiger partial charge in [-0.15, -0.1) is 0 Å². The fraction of sp³-hybridized carbons (Fsp3) is 0.714. The molecule has 18 heavy (non-hydrogen) atoms. The van der Waals surface area contributed by atoms with Gasteiger partial charge in [0.1, 0.15) is 5.76 Å². The summed E-state index contributed by atoms with van der Waals surface area (Å²) in [4.78, 5) is 4.83. The van der Waals surface area contributed by atoms with E-state index >= 15 is 0 Å². The van der Waals surface area contributed by atoms with Crippen LogP contribution >= 0.6 is 0 Å². The number of aliphatic hydroxyl groups is 1. The molecule has 0 spiro atoms. The van der Waals surface area contributed by atoms with E-state index in [-0.39, 0.29) is 6.61 Å². The lowest BCUT2D eigenvalue weighted by atomic mass is 10.1. The third-order valence-electron chi connectivity index (χ3n) is 3.99. The zero-order valence-electron chi connectivity index (χ0n) is 11.4. The Balaban J connectivity index is 2.02. The first kappa shape index (κ1) is 13.6. The van der Waals surface area contributed by atoms with Gasteiger partial charge in [0.25, 0.3) is 0 Å². The molecule has 0 radical (unpaired) electrons. The van der Waals surface area contributed by atoms with Gasteiger partial charge in [-0.25, -0.2) is 0 Å². The second-order valence-electron chi connectivity index (χ2n) is 5.29. The Hall–Kier alpha value is -0.840. The molecular weight excluding hydrogens is 228 g/mol. The molecule has 2 rings (SSSR count). The molecule has 0 amide bonds. The molecule has 2 unspecified atom stereocenters. The summed E-state index contributed by atoms with van der Waals surface area (Å²) < 4.78 is 5.44. The van der Waals surface area contributed by atoms with Crippen LogP contribution in [0, 0.1) is 0 Å². The zero-order valence-corrected chi connectivity index (χ0v) is 11.4. The number of hydrogen-bond donors (Lipinski definition) is 1. The summed E-state index contributed by atoms with van der Waals surface area (Å²) >= 11 is 0. The summed E-state index contributed by atoms with van der Waals surface area (Å²) in [6.45, 7) is 5.50. The van der Waals surface area contributed by atoms with Crippen molar-refractivity contribution in [2.24, 2.45) is 0 Å². The van der Waals surface area contributed by atoms with Crippen molar-refractivity contribution in [3.63, 3.8) is 0 Å². The van der Waals surface area contributed by atoms with Gasteiger partial charge in [-0.1, -0.05) is 0 Å². The fourth-order valence-corrected chi connectivity index (χ4v) is 2.63. The fourth-order valence-electron chi connectivity index (χ4n) is 2.63. The zero-order chi connectivity index (χ0) is 13.0. The van der Waals surface area contributed by atoms with Gasteiger partial charge >= 0.3 is 0 Å². The highest BCUT2D eigenvalue weighted by Crippen LogP contribution is 2.18. The summed E-state index contributed by atoms with van der Waals surface area (Å²) in [5.41, 5.74) is 0. The Morgan fingerprint density at radius 1 is 1.50 bits per heavy atom. The number of nitrogens with zero attached hydrogens (tertiary/aromatic N) is 2. The van der Waals surface area contributed by atoms with Crippen molar-refractivity contribution in [3.05, 3.63) is 24.2 Å². The minimum Gasteiger partial charge on any atom is -0.468 e. The SMILES string of the molecule is CC1CCN(C)C(CCO)CN1Cc1ccco1. The van der Waals surface area contributed by atoms with Gasteiger partial charge in [0.05, 0.1) is 12.8 Å². The van der Waals surface area contributed by atoms with Gasteiger partial charge in [0.15, 0.2) is 0 Å². The smallest absolute Gasteiger partial charge is 0.117 e. The molecule has 1 N–H and O–H groups in total. The Labute approximate surface area is 109 Å². The van der Waals surface area contributed by atoms with E-state index in [0.717, 1.165) is 31.8 Å². The van der Waals surface area contributed by atoms with Crippen molar-refractivity contribution in [1.82, 2.24) is 9.80 Å². The van der Waals surface area contributed by atoms with Gasteiger partial charge in [0, 0.05) is 25.2 Å². The normalized spacial score (nSPS) is 27.3. The summed E-state index contributed by atoms with van der Waals surface area (Å²) in [7, 11) is 2.16. The van der Waals surface area contributed by atoms with Crippen molar-refractivity contribution in [2.45, 2.75) is 38.4 Å². The van der Waals surface area contributed by atoms with E-state index in [2.05, 4.69) is 23.8 Å². The number of aliphatic hydroxyl groups excluding tert-OH is 1. The van der Waals surface area contributed by atoms with Gasteiger partial charge in [-0.2, -0.15) is 0 Å². The van der Waals surface area contributed by atoms with Crippen LogP contribution in [0.1, 0.15) is 25.5 Å². The number of furan rings is 1. The van der Waals surface area contributed by atoms with Crippen molar-refractivity contribution in [3.8, 4) is 0 Å². The van der Waals surface area contributed by atoms with Crippen LogP contribution in [0.25, 0.3) is 0 Å². The van der Waals surface area contributed by atoms with Gasteiger partial charge in [0.2, 0.25) is 0 Å². The van der Waals surface area contributed by atoms with E-state index in [1.165, 1.54) is 6.42 Å². The highest BCUT2D eigenvalue weighted by molar-refractivity contribution is 4.99. The molecule has 2 heterocycles.